The highest BCUT2D eigenvalue weighted by molar-refractivity contribution is 14.0. The Morgan fingerprint density at radius 2 is 1.81 bits per heavy atom. The van der Waals surface area contributed by atoms with Crippen LogP contribution in [0, 0.1) is 0 Å². The van der Waals surface area contributed by atoms with Gasteiger partial charge < -0.3 is 24.6 Å². The van der Waals surface area contributed by atoms with Crippen molar-refractivity contribution in [1.29, 1.82) is 0 Å². The molecule has 1 aromatic rings. The van der Waals surface area contributed by atoms with E-state index in [1.54, 1.807) is 7.11 Å². The van der Waals surface area contributed by atoms with Crippen LogP contribution in [-0.4, -0.2) is 71.0 Å². The van der Waals surface area contributed by atoms with Crippen LogP contribution in [0.15, 0.2) is 29.3 Å². The summed E-state index contributed by atoms with van der Waals surface area (Å²) in [5, 5.41) is 3.47. The molecule has 1 aliphatic rings. The summed E-state index contributed by atoms with van der Waals surface area (Å²) in [7, 11) is 3.56. The van der Waals surface area contributed by atoms with Gasteiger partial charge in [0.05, 0.1) is 7.11 Å². The van der Waals surface area contributed by atoms with Crippen LogP contribution >= 0.6 is 24.0 Å². The maximum atomic E-state index is 5.37. The van der Waals surface area contributed by atoms with Crippen molar-refractivity contribution >= 4 is 35.6 Å². The van der Waals surface area contributed by atoms with Crippen molar-refractivity contribution in [3.8, 4) is 5.75 Å². The van der Waals surface area contributed by atoms with Gasteiger partial charge in [-0.2, -0.15) is 0 Å². The number of guanidine groups is 1. The highest BCUT2D eigenvalue weighted by atomic mass is 127. The number of benzene rings is 1. The van der Waals surface area contributed by atoms with Crippen LogP contribution in [0.1, 0.15) is 19.8 Å². The molecule has 1 N–H and O–H groups in total. The van der Waals surface area contributed by atoms with Crippen LogP contribution in [0.2, 0.25) is 0 Å². The van der Waals surface area contributed by atoms with Crippen molar-refractivity contribution < 1.29 is 9.47 Å². The molecule has 2 rings (SSSR count). The van der Waals surface area contributed by atoms with Crippen LogP contribution in [0.3, 0.4) is 0 Å². The van der Waals surface area contributed by atoms with Gasteiger partial charge in [0, 0.05) is 58.7 Å². The SMILES string of the molecule is CCOCCCCNC(=NC)N1CCN(c2ccc(OC)cc2)CC1.I. The Kier molecular flexibility index (Phi) is 11.4. The van der Waals surface area contributed by atoms with E-state index in [1.165, 1.54) is 5.69 Å². The van der Waals surface area contributed by atoms with Crippen LogP contribution < -0.4 is 15.0 Å². The summed E-state index contributed by atoms with van der Waals surface area (Å²) in [4.78, 5) is 9.18. The average molecular weight is 476 g/mol. The summed E-state index contributed by atoms with van der Waals surface area (Å²) in [5.74, 6) is 1.90. The van der Waals surface area contributed by atoms with Gasteiger partial charge in [0.2, 0.25) is 0 Å². The standard InChI is InChI=1S/C19H32N4O2.HI/c1-4-25-16-6-5-11-21-19(20-2)23-14-12-22(13-15-23)17-7-9-18(24-3)10-8-17;/h7-10H,4-6,11-16H2,1-3H3,(H,20,21);1H. The largest absolute Gasteiger partial charge is 0.497 e. The highest BCUT2D eigenvalue weighted by Gasteiger charge is 2.19. The number of unbranched alkanes of at least 4 members (excludes halogenated alkanes) is 1. The van der Waals surface area contributed by atoms with E-state index in [0.29, 0.717) is 0 Å². The zero-order chi connectivity index (χ0) is 17.9. The summed E-state index contributed by atoms with van der Waals surface area (Å²) >= 11 is 0. The number of rotatable bonds is 8. The molecule has 0 aromatic heterocycles. The van der Waals surface area contributed by atoms with Gasteiger partial charge in [0.15, 0.2) is 5.96 Å². The Balaban J connectivity index is 0.00000338. The molecule has 7 heteroatoms. The molecule has 0 saturated carbocycles. The Morgan fingerprint density at radius 1 is 1.12 bits per heavy atom. The summed E-state index contributed by atoms with van der Waals surface area (Å²) in [6.07, 6.45) is 2.19. The van der Waals surface area contributed by atoms with Gasteiger partial charge in [-0.25, -0.2) is 0 Å². The minimum absolute atomic E-state index is 0. The summed E-state index contributed by atoms with van der Waals surface area (Å²) in [6.45, 7) is 8.57. The molecule has 1 aromatic carbocycles. The second-order valence-corrected chi connectivity index (χ2v) is 6.05. The zero-order valence-electron chi connectivity index (χ0n) is 16.2. The number of halogens is 1. The van der Waals surface area contributed by atoms with E-state index in [4.69, 9.17) is 9.47 Å². The normalized spacial score (nSPS) is 14.8. The third-order valence-corrected chi connectivity index (χ3v) is 4.43. The Hall–Kier alpha value is -1.22. The maximum absolute atomic E-state index is 5.37. The van der Waals surface area contributed by atoms with Crippen LogP contribution in [-0.2, 0) is 4.74 Å². The van der Waals surface area contributed by atoms with Crippen molar-refractivity contribution in [2.75, 3.05) is 65.0 Å². The Labute approximate surface area is 175 Å². The molecule has 1 saturated heterocycles. The molecule has 1 heterocycles. The lowest BCUT2D eigenvalue weighted by Crippen LogP contribution is -2.52. The smallest absolute Gasteiger partial charge is 0.193 e. The molecule has 0 radical (unpaired) electrons. The minimum Gasteiger partial charge on any atom is -0.497 e. The number of piperazine rings is 1. The number of methoxy groups -OCH3 is 1. The molecule has 1 fully saturated rings. The molecule has 0 atom stereocenters. The summed E-state index contributed by atoms with van der Waals surface area (Å²) in [6, 6.07) is 8.29. The number of aliphatic imine (C=N–C) groups is 1. The molecular weight excluding hydrogens is 443 g/mol. The van der Waals surface area contributed by atoms with Crippen LogP contribution in [0.5, 0.6) is 5.75 Å². The number of hydrogen-bond donors (Lipinski definition) is 1. The van der Waals surface area contributed by atoms with Crippen molar-refractivity contribution in [1.82, 2.24) is 10.2 Å². The molecule has 0 aliphatic carbocycles. The van der Waals surface area contributed by atoms with Gasteiger partial charge in [0.1, 0.15) is 5.75 Å². The van der Waals surface area contributed by atoms with E-state index in [9.17, 15) is 0 Å². The molecule has 6 nitrogen and oxygen atoms in total. The van der Waals surface area contributed by atoms with E-state index in [0.717, 1.165) is 70.5 Å². The lowest BCUT2D eigenvalue weighted by atomic mass is 10.2. The fraction of sp³-hybridized carbons (Fsp3) is 0.632. The van der Waals surface area contributed by atoms with Crippen molar-refractivity contribution in [2.24, 2.45) is 4.99 Å². The van der Waals surface area contributed by atoms with Crippen LogP contribution in [0.25, 0.3) is 0 Å². The van der Waals surface area contributed by atoms with Crippen molar-refractivity contribution in [2.45, 2.75) is 19.8 Å². The third kappa shape index (κ3) is 7.19. The van der Waals surface area contributed by atoms with Gasteiger partial charge in [-0.05, 0) is 44.0 Å². The first-order valence-corrected chi connectivity index (χ1v) is 9.20. The van der Waals surface area contributed by atoms with E-state index >= 15 is 0 Å². The monoisotopic (exact) mass is 476 g/mol. The quantitative estimate of drug-likeness (QED) is 0.271. The highest BCUT2D eigenvalue weighted by Crippen LogP contribution is 2.20. The first kappa shape index (κ1) is 22.8. The lowest BCUT2D eigenvalue weighted by molar-refractivity contribution is 0.143. The molecule has 0 unspecified atom stereocenters. The summed E-state index contributed by atoms with van der Waals surface area (Å²) in [5.41, 5.74) is 1.25. The number of ether oxygens (including phenoxy) is 2. The second kappa shape index (κ2) is 13.0. The van der Waals surface area contributed by atoms with Gasteiger partial charge >= 0.3 is 0 Å². The number of nitrogens with one attached hydrogen (secondary N) is 1. The maximum Gasteiger partial charge on any atom is 0.193 e. The van der Waals surface area contributed by atoms with Gasteiger partial charge in [0.25, 0.3) is 0 Å². The number of nitrogens with zero attached hydrogens (tertiary/aromatic N) is 3. The second-order valence-electron chi connectivity index (χ2n) is 6.05. The fourth-order valence-corrected chi connectivity index (χ4v) is 2.98. The van der Waals surface area contributed by atoms with E-state index in [2.05, 4.69) is 32.2 Å². The predicted molar refractivity (Wildman–Crippen MR) is 119 cm³/mol. The van der Waals surface area contributed by atoms with Gasteiger partial charge in [-0.3, -0.25) is 4.99 Å². The molecule has 26 heavy (non-hydrogen) atoms. The van der Waals surface area contributed by atoms with E-state index in [1.807, 2.05) is 26.1 Å². The van der Waals surface area contributed by atoms with Crippen LogP contribution in [0.4, 0.5) is 5.69 Å². The third-order valence-electron chi connectivity index (χ3n) is 4.43. The van der Waals surface area contributed by atoms with Gasteiger partial charge in [-0.1, -0.05) is 0 Å². The number of hydrogen-bond acceptors (Lipinski definition) is 4. The molecule has 0 spiro atoms. The fourth-order valence-electron chi connectivity index (χ4n) is 2.98. The first-order chi connectivity index (χ1) is 12.3. The molecule has 1 aliphatic heterocycles. The van der Waals surface area contributed by atoms with Crippen molar-refractivity contribution in [3.63, 3.8) is 0 Å². The van der Waals surface area contributed by atoms with Crippen molar-refractivity contribution in [3.05, 3.63) is 24.3 Å². The predicted octanol–water partition coefficient (Wildman–Crippen LogP) is 2.83. The molecule has 0 bridgehead atoms. The zero-order valence-corrected chi connectivity index (χ0v) is 18.6. The summed E-state index contributed by atoms with van der Waals surface area (Å²) < 4.78 is 10.6. The van der Waals surface area contributed by atoms with E-state index in [-0.39, 0.29) is 24.0 Å². The first-order valence-electron chi connectivity index (χ1n) is 9.20. The van der Waals surface area contributed by atoms with E-state index < -0.39 is 0 Å². The minimum atomic E-state index is 0. The van der Waals surface area contributed by atoms with Gasteiger partial charge in [-0.15, -0.1) is 24.0 Å². The average Bonchev–Trinajstić information content (AvgIpc) is 2.68. The molecular formula is C19H33IN4O2. The lowest BCUT2D eigenvalue weighted by Gasteiger charge is -2.37. The molecule has 0 amide bonds. The number of anilines is 1. The Bertz CT molecular complexity index is 517. The topological polar surface area (TPSA) is 49.3 Å². The Morgan fingerprint density at radius 3 is 2.38 bits per heavy atom. The molecule has 148 valence electrons.